The van der Waals surface area contributed by atoms with Gasteiger partial charge in [0.25, 0.3) is 0 Å². The highest BCUT2D eigenvalue weighted by Gasteiger charge is 2.20. The van der Waals surface area contributed by atoms with Crippen molar-refractivity contribution in [1.29, 1.82) is 0 Å². The number of hydrogen-bond acceptors (Lipinski definition) is 4. The van der Waals surface area contributed by atoms with Gasteiger partial charge in [-0.2, -0.15) is 0 Å². The second kappa shape index (κ2) is 6.91. The number of rotatable bonds is 6. The van der Waals surface area contributed by atoms with E-state index in [1.165, 1.54) is 19.4 Å². The van der Waals surface area contributed by atoms with E-state index < -0.39 is 0 Å². The zero-order valence-electron chi connectivity index (χ0n) is 12.3. The molecule has 0 aromatic carbocycles. The molecule has 0 spiro atoms. The van der Waals surface area contributed by atoms with Crippen LogP contribution in [0.4, 0.5) is 5.95 Å². The third kappa shape index (κ3) is 3.70. The van der Waals surface area contributed by atoms with Crippen LogP contribution in [-0.4, -0.2) is 53.8 Å². The van der Waals surface area contributed by atoms with Gasteiger partial charge in [0.2, 0.25) is 5.95 Å². The molecule has 2 atom stereocenters. The first-order valence-electron chi connectivity index (χ1n) is 7.25. The molecule has 5 heteroatoms. The molecule has 0 saturated carbocycles. The Morgan fingerprint density at radius 2 is 2.42 bits per heavy atom. The number of likely N-dealkylation sites (N-methyl/N-ethyl adjacent to an activating group) is 1. The molecule has 2 unspecified atom stereocenters. The molecule has 1 aromatic rings. The molecule has 0 bridgehead atoms. The summed E-state index contributed by atoms with van der Waals surface area (Å²) in [5, 5.41) is 3.59. The van der Waals surface area contributed by atoms with Gasteiger partial charge in [-0.15, -0.1) is 0 Å². The summed E-state index contributed by atoms with van der Waals surface area (Å²) in [4.78, 5) is 6.94. The Kier molecular flexibility index (Phi) is 5.22. The van der Waals surface area contributed by atoms with Crippen molar-refractivity contribution in [3.05, 3.63) is 12.4 Å². The molecular weight excluding hydrogens is 240 g/mol. The first-order chi connectivity index (χ1) is 9.24. The van der Waals surface area contributed by atoms with E-state index in [-0.39, 0.29) is 0 Å². The van der Waals surface area contributed by atoms with Crippen molar-refractivity contribution < 1.29 is 4.74 Å². The lowest BCUT2D eigenvalue weighted by molar-refractivity contribution is 0.162. The van der Waals surface area contributed by atoms with Gasteiger partial charge in [-0.25, -0.2) is 4.98 Å². The molecule has 2 rings (SSSR count). The summed E-state index contributed by atoms with van der Waals surface area (Å²) in [6, 6.07) is 0.811. The van der Waals surface area contributed by atoms with Gasteiger partial charge in [-0.1, -0.05) is 6.92 Å². The quantitative estimate of drug-likeness (QED) is 0.855. The van der Waals surface area contributed by atoms with Crippen LogP contribution in [0, 0.1) is 0 Å². The summed E-state index contributed by atoms with van der Waals surface area (Å²) in [6.07, 6.45) is 6.36. The van der Waals surface area contributed by atoms with Gasteiger partial charge in [0.1, 0.15) is 0 Å². The number of likely N-dealkylation sites (tertiary alicyclic amines) is 1. The largest absolute Gasteiger partial charge is 0.383 e. The van der Waals surface area contributed by atoms with Crippen LogP contribution in [0.3, 0.4) is 0 Å². The van der Waals surface area contributed by atoms with Gasteiger partial charge in [0.05, 0.1) is 12.6 Å². The van der Waals surface area contributed by atoms with Crippen molar-refractivity contribution in [3.8, 4) is 0 Å². The molecule has 1 N–H and O–H groups in total. The maximum atomic E-state index is 5.22. The summed E-state index contributed by atoms with van der Waals surface area (Å²) >= 11 is 0. The summed E-state index contributed by atoms with van der Waals surface area (Å²) in [5.41, 5.74) is 0. The Morgan fingerprint density at radius 1 is 1.58 bits per heavy atom. The zero-order chi connectivity index (χ0) is 13.7. The van der Waals surface area contributed by atoms with Crippen LogP contribution in [0.5, 0.6) is 0 Å². The van der Waals surface area contributed by atoms with Crippen LogP contribution < -0.4 is 5.32 Å². The SMILES string of the molecule is CCN1CCCC(Nc2nccn2C(C)COC)C1. The Morgan fingerprint density at radius 3 is 3.16 bits per heavy atom. The maximum absolute atomic E-state index is 5.22. The number of aromatic nitrogens is 2. The molecule has 0 aliphatic carbocycles. The number of methoxy groups -OCH3 is 1. The normalized spacial score (nSPS) is 22.4. The molecule has 0 radical (unpaired) electrons. The monoisotopic (exact) mass is 266 g/mol. The standard InChI is InChI=1S/C14H26N4O/c1-4-17-8-5-6-13(10-17)16-14-15-7-9-18(14)12(2)11-19-3/h7,9,12-13H,4-6,8,10-11H2,1-3H3,(H,15,16). The van der Waals surface area contributed by atoms with Gasteiger partial charge in [0.15, 0.2) is 0 Å². The fraction of sp³-hybridized carbons (Fsp3) is 0.786. The van der Waals surface area contributed by atoms with E-state index in [0.717, 1.165) is 19.0 Å². The van der Waals surface area contributed by atoms with Crippen molar-refractivity contribution in [1.82, 2.24) is 14.5 Å². The highest BCUT2D eigenvalue weighted by atomic mass is 16.5. The van der Waals surface area contributed by atoms with Crippen molar-refractivity contribution >= 4 is 5.95 Å². The van der Waals surface area contributed by atoms with Crippen LogP contribution in [0.1, 0.15) is 32.7 Å². The lowest BCUT2D eigenvalue weighted by atomic mass is 10.1. The van der Waals surface area contributed by atoms with Crippen molar-refractivity contribution in [2.75, 3.05) is 38.7 Å². The number of hydrogen-bond donors (Lipinski definition) is 1. The molecule has 1 aliphatic heterocycles. The summed E-state index contributed by atoms with van der Waals surface area (Å²) in [5.74, 6) is 0.965. The number of nitrogens with zero attached hydrogens (tertiary/aromatic N) is 3. The van der Waals surface area contributed by atoms with E-state index >= 15 is 0 Å². The van der Waals surface area contributed by atoms with E-state index in [1.54, 1.807) is 7.11 Å². The van der Waals surface area contributed by atoms with Crippen molar-refractivity contribution in [2.24, 2.45) is 0 Å². The lowest BCUT2D eigenvalue weighted by Crippen LogP contribution is -2.42. The number of nitrogens with one attached hydrogen (secondary N) is 1. The zero-order valence-corrected chi connectivity index (χ0v) is 12.3. The number of imidazole rings is 1. The molecule has 2 heterocycles. The molecule has 0 amide bonds. The average Bonchev–Trinajstić information content (AvgIpc) is 2.87. The number of piperidine rings is 1. The van der Waals surface area contributed by atoms with Gasteiger partial charge in [0, 0.05) is 32.1 Å². The molecular formula is C14H26N4O. The fourth-order valence-electron chi connectivity index (χ4n) is 2.75. The Hall–Kier alpha value is -1.07. The first kappa shape index (κ1) is 14.3. The summed E-state index contributed by atoms with van der Waals surface area (Å²) in [6.45, 7) is 8.55. The van der Waals surface area contributed by atoms with Gasteiger partial charge in [-0.05, 0) is 32.9 Å². The first-order valence-corrected chi connectivity index (χ1v) is 7.25. The van der Waals surface area contributed by atoms with Crippen LogP contribution >= 0.6 is 0 Å². The third-order valence-electron chi connectivity index (χ3n) is 3.84. The Balaban J connectivity index is 1.97. The summed E-state index contributed by atoms with van der Waals surface area (Å²) in [7, 11) is 1.74. The minimum atomic E-state index is 0.306. The molecule has 1 fully saturated rings. The molecule has 5 nitrogen and oxygen atoms in total. The third-order valence-corrected chi connectivity index (χ3v) is 3.84. The Bertz CT molecular complexity index is 379. The van der Waals surface area contributed by atoms with Crippen LogP contribution in [0.25, 0.3) is 0 Å². The average molecular weight is 266 g/mol. The van der Waals surface area contributed by atoms with Crippen LogP contribution in [0.15, 0.2) is 12.4 Å². The molecule has 1 aliphatic rings. The van der Waals surface area contributed by atoms with Crippen molar-refractivity contribution in [2.45, 2.75) is 38.8 Å². The lowest BCUT2D eigenvalue weighted by Gasteiger charge is -2.32. The maximum Gasteiger partial charge on any atom is 0.203 e. The second-order valence-corrected chi connectivity index (χ2v) is 5.34. The van der Waals surface area contributed by atoms with E-state index in [2.05, 4.69) is 33.6 Å². The van der Waals surface area contributed by atoms with Crippen LogP contribution in [0.2, 0.25) is 0 Å². The topological polar surface area (TPSA) is 42.3 Å². The highest BCUT2D eigenvalue weighted by molar-refractivity contribution is 5.28. The Labute approximate surface area is 116 Å². The van der Waals surface area contributed by atoms with E-state index in [4.69, 9.17) is 4.74 Å². The number of ether oxygens (including phenoxy) is 1. The van der Waals surface area contributed by atoms with Gasteiger partial charge < -0.3 is 19.5 Å². The molecule has 1 aromatic heterocycles. The smallest absolute Gasteiger partial charge is 0.203 e. The van der Waals surface area contributed by atoms with Crippen LogP contribution in [-0.2, 0) is 4.74 Å². The van der Waals surface area contributed by atoms with E-state index in [0.29, 0.717) is 18.7 Å². The van der Waals surface area contributed by atoms with E-state index in [1.807, 2.05) is 12.4 Å². The fourth-order valence-corrected chi connectivity index (χ4v) is 2.75. The molecule has 19 heavy (non-hydrogen) atoms. The minimum absolute atomic E-state index is 0.306. The molecule has 108 valence electrons. The van der Waals surface area contributed by atoms with E-state index in [9.17, 15) is 0 Å². The predicted octanol–water partition coefficient (Wildman–Crippen LogP) is 1.99. The van der Waals surface area contributed by atoms with Gasteiger partial charge in [-0.3, -0.25) is 0 Å². The predicted molar refractivity (Wildman–Crippen MR) is 77.6 cm³/mol. The highest BCUT2D eigenvalue weighted by Crippen LogP contribution is 2.18. The minimum Gasteiger partial charge on any atom is -0.383 e. The second-order valence-electron chi connectivity index (χ2n) is 5.34. The number of anilines is 1. The summed E-state index contributed by atoms with van der Waals surface area (Å²) < 4.78 is 7.38. The van der Waals surface area contributed by atoms with Crippen molar-refractivity contribution in [3.63, 3.8) is 0 Å². The molecule has 1 saturated heterocycles. The van der Waals surface area contributed by atoms with Gasteiger partial charge >= 0.3 is 0 Å².